The normalized spacial score (nSPS) is 11.8. The second-order valence-corrected chi connectivity index (χ2v) is 4.05. The van der Waals surface area contributed by atoms with Crippen molar-refractivity contribution in [3.63, 3.8) is 0 Å². The average Bonchev–Trinajstić information content (AvgIpc) is 2.35. The van der Waals surface area contributed by atoms with Crippen LogP contribution in [0.5, 0.6) is 0 Å². The molecule has 1 aromatic heterocycles. The van der Waals surface area contributed by atoms with Gasteiger partial charge in [-0.25, -0.2) is 15.8 Å². The fraction of sp³-hybridized carbons (Fsp3) is 0.545. The van der Waals surface area contributed by atoms with Crippen LogP contribution in [0.2, 0.25) is 0 Å². The zero-order valence-electron chi connectivity index (χ0n) is 11.2. The van der Waals surface area contributed by atoms with Gasteiger partial charge in [-0.05, 0) is 20.8 Å². The lowest BCUT2D eigenvalue weighted by atomic mass is 10.3. The summed E-state index contributed by atoms with van der Waals surface area (Å²) in [6.07, 6.45) is 0. The molecule has 1 amide bonds. The highest BCUT2D eigenvalue weighted by molar-refractivity contribution is 5.83. The molecule has 0 spiro atoms. The van der Waals surface area contributed by atoms with E-state index in [0.29, 0.717) is 24.0 Å². The minimum Gasteiger partial charge on any atom is -0.358 e. The van der Waals surface area contributed by atoms with Gasteiger partial charge < -0.3 is 15.6 Å². The van der Waals surface area contributed by atoms with E-state index in [0.717, 1.165) is 0 Å². The predicted octanol–water partition coefficient (Wildman–Crippen LogP) is 0.349. The molecule has 4 N–H and O–H groups in total. The van der Waals surface area contributed by atoms with Crippen LogP contribution in [-0.2, 0) is 4.79 Å². The topological polar surface area (TPSA) is 96.2 Å². The summed E-state index contributed by atoms with van der Waals surface area (Å²) in [6.45, 7) is 6.15. The van der Waals surface area contributed by atoms with Crippen molar-refractivity contribution < 1.29 is 4.79 Å². The molecule has 100 valence electrons. The van der Waals surface area contributed by atoms with E-state index in [9.17, 15) is 4.79 Å². The molecule has 1 atom stereocenters. The summed E-state index contributed by atoms with van der Waals surface area (Å²) in [5.74, 6) is 6.97. The highest BCUT2D eigenvalue weighted by atomic mass is 16.2. The van der Waals surface area contributed by atoms with Crippen LogP contribution in [0.1, 0.15) is 19.7 Å². The van der Waals surface area contributed by atoms with Gasteiger partial charge in [-0.2, -0.15) is 0 Å². The Morgan fingerprint density at radius 2 is 2.11 bits per heavy atom. The van der Waals surface area contributed by atoms with Gasteiger partial charge in [0.25, 0.3) is 0 Å². The van der Waals surface area contributed by atoms with Crippen molar-refractivity contribution in [3.05, 3.63) is 11.9 Å². The van der Waals surface area contributed by atoms with Crippen LogP contribution in [-0.4, -0.2) is 40.4 Å². The van der Waals surface area contributed by atoms with Gasteiger partial charge >= 0.3 is 0 Å². The molecule has 1 unspecified atom stereocenters. The van der Waals surface area contributed by atoms with Gasteiger partial charge in [0.15, 0.2) is 0 Å². The van der Waals surface area contributed by atoms with Crippen molar-refractivity contribution >= 4 is 17.5 Å². The van der Waals surface area contributed by atoms with Crippen molar-refractivity contribution in [2.24, 2.45) is 5.84 Å². The third-order valence-electron chi connectivity index (χ3n) is 2.57. The summed E-state index contributed by atoms with van der Waals surface area (Å²) in [5, 5.41) is 3.03. The maximum absolute atomic E-state index is 11.9. The lowest BCUT2D eigenvalue weighted by Gasteiger charge is -2.21. The second-order valence-electron chi connectivity index (χ2n) is 4.05. The number of amides is 1. The third-order valence-corrected chi connectivity index (χ3v) is 2.57. The Morgan fingerprint density at radius 1 is 1.50 bits per heavy atom. The molecule has 7 nitrogen and oxygen atoms in total. The standard InChI is InChI=1S/C11H20N6O/c1-5-17(4)11(18)7(2)13-9-6-10(16-12)15-8(3)14-9/h6-7H,5,12H2,1-4H3,(H2,13,14,15,16). The van der Waals surface area contributed by atoms with Crippen molar-refractivity contribution in [2.45, 2.75) is 26.8 Å². The summed E-state index contributed by atoms with van der Waals surface area (Å²) in [5.41, 5.74) is 2.46. The first-order valence-corrected chi connectivity index (χ1v) is 5.81. The number of likely N-dealkylation sites (N-methyl/N-ethyl adjacent to an activating group) is 1. The van der Waals surface area contributed by atoms with Gasteiger partial charge in [0.2, 0.25) is 5.91 Å². The summed E-state index contributed by atoms with van der Waals surface area (Å²) >= 11 is 0. The molecule has 7 heteroatoms. The number of nitrogens with one attached hydrogen (secondary N) is 2. The largest absolute Gasteiger partial charge is 0.358 e. The molecule has 1 rings (SSSR count). The van der Waals surface area contributed by atoms with Gasteiger partial charge in [-0.3, -0.25) is 4.79 Å². The number of nitrogens with two attached hydrogens (primary N) is 1. The van der Waals surface area contributed by atoms with E-state index in [1.165, 1.54) is 0 Å². The Morgan fingerprint density at radius 3 is 2.67 bits per heavy atom. The van der Waals surface area contributed by atoms with E-state index in [1.807, 2.05) is 6.92 Å². The van der Waals surface area contributed by atoms with Crippen molar-refractivity contribution in [2.75, 3.05) is 24.3 Å². The number of rotatable bonds is 5. The smallest absolute Gasteiger partial charge is 0.244 e. The Hall–Kier alpha value is -1.89. The Bertz CT molecular complexity index is 422. The average molecular weight is 252 g/mol. The van der Waals surface area contributed by atoms with Gasteiger partial charge in [0, 0.05) is 19.7 Å². The number of aryl methyl sites for hydroxylation is 1. The summed E-state index contributed by atoms with van der Waals surface area (Å²) in [7, 11) is 1.76. The number of carbonyl (C=O) groups is 1. The van der Waals surface area contributed by atoms with Crippen LogP contribution >= 0.6 is 0 Å². The van der Waals surface area contributed by atoms with Crippen molar-refractivity contribution in [3.8, 4) is 0 Å². The molecule has 0 saturated heterocycles. The molecular weight excluding hydrogens is 232 g/mol. The fourth-order valence-corrected chi connectivity index (χ4v) is 1.49. The fourth-order valence-electron chi connectivity index (χ4n) is 1.49. The quantitative estimate of drug-likeness (QED) is 0.517. The van der Waals surface area contributed by atoms with Crippen LogP contribution in [0.15, 0.2) is 6.07 Å². The van der Waals surface area contributed by atoms with Gasteiger partial charge in [-0.1, -0.05) is 0 Å². The lowest BCUT2D eigenvalue weighted by molar-refractivity contribution is -0.130. The number of aromatic nitrogens is 2. The molecule has 18 heavy (non-hydrogen) atoms. The molecule has 0 bridgehead atoms. The first-order valence-electron chi connectivity index (χ1n) is 5.81. The third kappa shape index (κ3) is 3.56. The molecule has 0 aromatic carbocycles. The van der Waals surface area contributed by atoms with E-state index in [4.69, 9.17) is 5.84 Å². The number of nitrogen functional groups attached to an aromatic ring is 1. The maximum atomic E-state index is 11.9. The number of hydrazine groups is 1. The molecule has 1 aromatic rings. The Balaban J connectivity index is 2.78. The highest BCUT2D eigenvalue weighted by Crippen LogP contribution is 2.11. The molecule has 0 aliphatic carbocycles. The monoisotopic (exact) mass is 252 g/mol. The van der Waals surface area contributed by atoms with E-state index >= 15 is 0 Å². The van der Waals surface area contributed by atoms with Crippen molar-refractivity contribution in [1.29, 1.82) is 0 Å². The zero-order chi connectivity index (χ0) is 13.7. The van der Waals surface area contributed by atoms with Crippen LogP contribution in [0, 0.1) is 6.92 Å². The minimum absolute atomic E-state index is 0.0102. The summed E-state index contributed by atoms with van der Waals surface area (Å²) < 4.78 is 0. The predicted molar refractivity (Wildman–Crippen MR) is 71.0 cm³/mol. The van der Waals surface area contributed by atoms with Crippen LogP contribution in [0.3, 0.4) is 0 Å². The van der Waals surface area contributed by atoms with Gasteiger partial charge in [-0.15, -0.1) is 0 Å². The Kier molecular flexibility index (Phi) is 4.85. The molecule has 0 aliphatic heterocycles. The van der Waals surface area contributed by atoms with Gasteiger partial charge in [0.05, 0.1) is 0 Å². The first-order chi connectivity index (χ1) is 8.47. The number of anilines is 2. The number of hydrogen-bond acceptors (Lipinski definition) is 6. The summed E-state index contributed by atoms with van der Waals surface area (Å²) in [4.78, 5) is 21.8. The maximum Gasteiger partial charge on any atom is 0.244 e. The molecule has 0 saturated carbocycles. The molecular formula is C11H20N6O. The molecule has 0 radical (unpaired) electrons. The first kappa shape index (κ1) is 14.2. The molecule has 0 aliphatic rings. The van der Waals surface area contributed by atoms with Crippen LogP contribution in [0.4, 0.5) is 11.6 Å². The van der Waals surface area contributed by atoms with E-state index in [-0.39, 0.29) is 11.9 Å². The number of carbonyl (C=O) groups excluding carboxylic acids is 1. The summed E-state index contributed by atoms with van der Waals surface area (Å²) in [6, 6.07) is 1.30. The number of nitrogens with zero attached hydrogens (tertiary/aromatic N) is 3. The van der Waals surface area contributed by atoms with E-state index in [1.54, 1.807) is 31.9 Å². The molecule has 0 fully saturated rings. The van der Waals surface area contributed by atoms with Crippen molar-refractivity contribution in [1.82, 2.24) is 14.9 Å². The Labute approximate surface area is 107 Å². The molecule has 1 heterocycles. The minimum atomic E-state index is -0.352. The van der Waals surface area contributed by atoms with E-state index < -0.39 is 0 Å². The SMILES string of the molecule is CCN(C)C(=O)C(C)Nc1cc(NN)nc(C)n1. The lowest BCUT2D eigenvalue weighted by Crippen LogP contribution is -2.39. The number of hydrogen-bond donors (Lipinski definition) is 3. The van der Waals surface area contributed by atoms with Gasteiger partial charge in [0.1, 0.15) is 23.5 Å². The zero-order valence-corrected chi connectivity index (χ0v) is 11.2. The van der Waals surface area contributed by atoms with Crippen LogP contribution < -0.4 is 16.6 Å². The van der Waals surface area contributed by atoms with Crippen LogP contribution in [0.25, 0.3) is 0 Å². The highest BCUT2D eigenvalue weighted by Gasteiger charge is 2.16. The van der Waals surface area contributed by atoms with E-state index in [2.05, 4.69) is 20.7 Å². The second kappa shape index (κ2) is 6.15.